The average Bonchev–Trinajstić information content (AvgIpc) is 3.06. The lowest BCUT2D eigenvalue weighted by molar-refractivity contribution is 0.0967. The zero-order chi connectivity index (χ0) is 17.3. The highest BCUT2D eigenvalue weighted by molar-refractivity contribution is 6.04. The number of hydrogen-bond donors (Lipinski definition) is 1. The van der Waals surface area contributed by atoms with Gasteiger partial charge in [0.05, 0.1) is 0 Å². The number of benzene rings is 2. The number of amides is 1. The number of hydrogen-bond acceptors (Lipinski definition) is 3. The second kappa shape index (κ2) is 6.20. The van der Waals surface area contributed by atoms with Crippen molar-refractivity contribution in [2.75, 3.05) is 11.9 Å². The van der Waals surface area contributed by atoms with E-state index in [4.69, 9.17) is 4.42 Å². The number of rotatable bonds is 3. The number of halogens is 1. The highest BCUT2D eigenvalue weighted by Gasteiger charge is 2.19. The molecule has 0 aliphatic rings. The molecule has 0 bridgehead atoms. The molecule has 5 heteroatoms. The van der Waals surface area contributed by atoms with Gasteiger partial charge in [-0.15, -0.1) is 0 Å². The lowest BCUT2D eigenvalue weighted by atomic mass is 10.1. The van der Waals surface area contributed by atoms with Crippen LogP contribution < -0.4 is 4.90 Å². The lowest BCUT2D eigenvalue weighted by Gasteiger charge is -2.18. The smallest absolute Gasteiger partial charge is 0.293 e. The van der Waals surface area contributed by atoms with Gasteiger partial charge in [-0.3, -0.25) is 4.79 Å². The quantitative estimate of drug-likeness (QED) is 0.777. The minimum atomic E-state index is -0.742. The summed E-state index contributed by atoms with van der Waals surface area (Å²) in [7, 11) is 1.67. The van der Waals surface area contributed by atoms with E-state index < -0.39 is 11.6 Å². The first kappa shape index (κ1) is 15.8. The van der Waals surface area contributed by atoms with Gasteiger partial charge in [-0.05, 0) is 48.9 Å². The van der Waals surface area contributed by atoms with Gasteiger partial charge in [0.25, 0.3) is 5.91 Å². The molecule has 4 nitrogen and oxygen atoms in total. The van der Waals surface area contributed by atoms with Gasteiger partial charge in [-0.25, -0.2) is 4.39 Å². The Labute approximate surface area is 138 Å². The van der Waals surface area contributed by atoms with Crippen LogP contribution in [-0.2, 0) is 0 Å². The summed E-state index contributed by atoms with van der Waals surface area (Å²) in [5.74, 6) is -0.954. The summed E-state index contributed by atoms with van der Waals surface area (Å²) in [6.07, 6.45) is 0. The normalized spacial score (nSPS) is 10.6. The molecule has 2 aromatic carbocycles. The van der Waals surface area contributed by atoms with Gasteiger partial charge in [-0.2, -0.15) is 0 Å². The van der Waals surface area contributed by atoms with Crippen LogP contribution in [0.5, 0.6) is 5.75 Å². The predicted molar refractivity (Wildman–Crippen MR) is 89.7 cm³/mol. The van der Waals surface area contributed by atoms with Gasteiger partial charge < -0.3 is 14.4 Å². The third kappa shape index (κ3) is 2.88. The molecule has 0 fully saturated rings. The molecule has 122 valence electrons. The van der Waals surface area contributed by atoms with Gasteiger partial charge in [0.2, 0.25) is 0 Å². The van der Waals surface area contributed by atoms with Crippen LogP contribution in [0.2, 0.25) is 0 Å². The Hall–Kier alpha value is -3.08. The van der Waals surface area contributed by atoms with E-state index in [0.717, 1.165) is 17.3 Å². The Morgan fingerprint density at radius 1 is 1.12 bits per heavy atom. The molecule has 0 saturated heterocycles. The van der Waals surface area contributed by atoms with Crippen LogP contribution in [-0.4, -0.2) is 18.1 Å². The Balaban J connectivity index is 1.88. The average molecular weight is 325 g/mol. The second-order valence-electron chi connectivity index (χ2n) is 5.48. The molecular weight excluding hydrogens is 309 g/mol. The first-order valence-electron chi connectivity index (χ1n) is 7.40. The summed E-state index contributed by atoms with van der Waals surface area (Å²) in [5.41, 5.74) is 2.21. The number of para-hydroxylation sites is 1. The molecule has 1 heterocycles. The zero-order valence-corrected chi connectivity index (χ0v) is 13.3. The Kier molecular flexibility index (Phi) is 4.08. The fraction of sp³-hybridized carbons (Fsp3) is 0.105. The summed E-state index contributed by atoms with van der Waals surface area (Å²) in [5, 5.41) is 9.24. The molecule has 1 amide bonds. The van der Waals surface area contributed by atoms with Crippen molar-refractivity contribution < 1.29 is 18.7 Å². The standard InChI is InChI=1S/C19H16FNO3/c1-12-5-3-4-6-15(12)21(2)19(23)18-10-9-17(24-18)13-7-8-16(22)14(20)11-13/h3-11,22H,1-2H3. The molecule has 0 spiro atoms. The van der Waals surface area contributed by atoms with E-state index in [1.54, 1.807) is 19.2 Å². The molecule has 3 aromatic rings. The molecule has 1 aromatic heterocycles. The summed E-state index contributed by atoms with van der Waals surface area (Å²) in [4.78, 5) is 14.1. The third-order valence-electron chi connectivity index (χ3n) is 3.83. The highest BCUT2D eigenvalue weighted by Crippen LogP contribution is 2.28. The number of furan rings is 1. The molecule has 24 heavy (non-hydrogen) atoms. The van der Waals surface area contributed by atoms with Crippen molar-refractivity contribution in [2.45, 2.75) is 6.92 Å². The summed E-state index contributed by atoms with van der Waals surface area (Å²) >= 11 is 0. The van der Waals surface area contributed by atoms with Crippen LogP contribution in [0, 0.1) is 12.7 Å². The summed E-state index contributed by atoms with van der Waals surface area (Å²) in [6, 6.07) is 14.6. The maximum atomic E-state index is 13.5. The predicted octanol–water partition coefficient (Wildman–Crippen LogP) is 4.38. The number of anilines is 1. The maximum Gasteiger partial charge on any atom is 0.293 e. The minimum absolute atomic E-state index is 0.157. The Morgan fingerprint density at radius 3 is 2.58 bits per heavy atom. The van der Waals surface area contributed by atoms with Gasteiger partial charge in [0, 0.05) is 18.3 Å². The molecule has 0 atom stereocenters. The van der Waals surface area contributed by atoms with Gasteiger partial charge in [-0.1, -0.05) is 18.2 Å². The van der Waals surface area contributed by atoms with Crippen LogP contribution >= 0.6 is 0 Å². The first-order chi connectivity index (χ1) is 11.5. The fourth-order valence-corrected chi connectivity index (χ4v) is 2.48. The Bertz CT molecular complexity index is 901. The number of carbonyl (C=O) groups is 1. The lowest BCUT2D eigenvalue weighted by Crippen LogP contribution is -2.26. The number of aryl methyl sites for hydroxylation is 1. The molecular formula is C19H16FNO3. The molecule has 3 rings (SSSR count). The van der Waals surface area contributed by atoms with Crippen LogP contribution in [0.1, 0.15) is 16.1 Å². The monoisotopic (exact) mass is 325 g/mol. The van der Waals surface area contributed by atoms with E-state index in [0.29, 0.717) is 11.3 Å². The number of phenols is 1. The summed E-state index contributed by atoms with van der Waals surface area (Å²) < 4.78 is 19.0. The van der Waals surface area contributed by atoms with Crippen molar-refractivity contribution in [3.8, 4) is 17.1 Å². The van der Waals surface area contributed by atoms with Crippen molar-refractivity contribution in [3.05, 3.63) is 71.7 Å². The third-order valence-corrected chi connectivity index (χ3v) is 3.83. The molecule has 0 aliphatic heterocycles. The SMILES string of the molecule is Cc1ccccc1N(C)C(=O)c1ccc(-c2ccc(O)c(F)c2)o1. The van der Waals surface area contributed by atoms with E-state index >= 15 is 0 Å². The molecule has 0 radical (unpaired) electrons. The molecule has 0 saturated carbocycles. The topological polar surface area (TPSA) is 53.7 Å². The molecule has 0 aliphatic carbocycles. The van der Waals surface area contributed by atoms with Crippen molar-refractivity contribution in [2.24, 2.45) is 0 Å². The number of phenolic OH excluding ortho intramolecular Hbond substituents is 1. The fourth-order valence-electron chi connectivity index (χ4n) is 2.48. The van der Waals surface area contributed by atoms with E-state index in [-0.39, 0.29) is 11.7 Å². The van der Waals surface area contributed by atoms with Crippen molar-refractivity contribution in [1.82, 2.24) is 0 Å². The number of nitrogens with zero attached hydrogens (tertiary/aromatic N) is 1. The van der Waals surface area contributed by atoms with Crippen LogP contribution in [0.15, 0.2) is 59.0 Å². The Morgan fingerprint density at radius 2 is 1.88 bits per heavy atom. The largest absolute Gasteiger partial charge is 0.505 e. The number of carbonyl (C=O) groups excluding carboxylic acids is 1. The molecule has 0 unspecified atom stereocenters. The second-order valence-corrected chi connectivity index (χ2v) is 5.48. The van der Waals surface area contributed by atoms with E-state index in [2.05, 4.69) is 0 Å². The van der Waals surface area contributed by atoms with Crippen molar-refractivity contribution >= 4 is 11.6 Å². The van der Waals surface area contributed by atoms with E-state index in [1.165, 1.54) is 17.0 Å². The van der Waals surface area contributed by atoms with Crippen LogP contribution in [0.3, 0.4) is 0 Å². The highest BCUT2D eigenvalue weighted by atomic mass is 19.1. The minimum Gasteiger partial charge on any atom is -0.505 e. The summed E-state index contributed by atoms with van der Waals surface area (Å²) in [6.45, 7) is 1.92. The molecule has 1 N–H and O–H groups in total. The van der Waals surface area contributed by atoms with Crippen LogP contribution in [0.4, 0.5) is 10.1 Å². The van der Waals surface area contributed by atoms with Gasteiger partial charge in [0.15, 0.2) is 17.3 Å². The van der Waals surface area contributed by atoms with Gasteiger partial charge >= 0.3 is 0 Å². The van der Waals surface area contributed by atoms with Crippen molar-refractivity contribution in [1.29, 1.82) is 0 Å². The zero-order valence-electron chi connectivity index (χ0n) is 13.3. The number of aromatic hydroxyl groups is 1. The van der Waals surface area contributed by atoms with Gasteiger partial charge in [0.1, 0.15) is 5.76 Å². The first-order valence-corrected chi connectivity index (χ1v) is 7.40. The van der Waals surface area contributed by atoms with Crippen molar-refractivity contribution in [3.63, 3.8) is 0 Å². The van der Waals surface area contributed by atoms with E-state index in [9.17, 15) is 14.3 Å². The van der Waals surface area contributed by atoms with Crippen LogP contribution in [0.25, 0.3) is 11.3 Å². The van der Waals surface area contributed by atoms with E-state index in [1.807, 2.05) is 31.2 Å². The maximum absolute atomic E-state index is 13.5.